The van der Waals surface area contributed by atoms with Crippen LogP contribution in [0.15, 0.2) is 41.4 Å². The summed E-state index contributed by atoms with van der Waals surface area (Å²) in [4.78, 5) is 23.3. The van der Waals surface area contributed by atoms with Gasteiger partial charge in [-0.2, -0.15) is 0 Å². The maximum absolute atomic E-state index is 11.8. The van der Waals surface area contributed by atoms with E-state index in [0.717, 1.165) is 10.8 Å². The molecule has 1 aliphatic rings. The van der Waals surface area contributed by atoms with E-state index in [0.29, 0.717) is 11.1 Å². The van der Waals surface area contributed by atoms with Crippen molar-refractivity contribution in [3.05, 3.63) is 52.6 Å². The molecule has 0 aromatic heterocycles. The van der Waals surface area contributed by atoms with Gasteiger partial charge in [-0.3, -0.25) is 9.59 Å². The van der Waals surface area contributed by atoms with E-state index in [1.54, 1.807) is 12.1 Å². The molecular formula is C14H7ClO2. The fourth-order valence-electron chi connectivity index (χ4n) is 2.01. The van der Waals surface area contributed by atoms with Crippen molar-refractivity contribution in [1.29, 1.82) is 0 Å². The van der Waals surface area contributed by atoms with E-state index in [4.69, 9.17) is 11.6 Å². The first kappa shape index (κ1) is 10.2. The van der Waals surface area contributed by atoms with Crippen molar-refractivity contribution in [3.63, 3.8) is 0 Å². The van der Waals surface area contributed by atoms with Crippen LogP contribution in [-0.2, 0) is 4.79 Å². The number of allylic oxidation sites excluding steroid dienone is 1. The van der Waals surface area contributed by atoms with Crippen LogP contribution in [0.25, 0.3) is 16.8 Å². The molecule has 0 saturated heterocycles. The molecule has 0 atom stereocenters. The Morgan fingerprint density at radius 3 is 2.24 bits per heavy atom. The summed E-state index contributed by atoms with van der Waals surface area (Å²) < 4.78 is 0. The number of halogens is 1. The first-order valence-electron chi connectivity index (χ1n) is 5.16. The van der Waals surface area contributed by atoms with Crippen LogP contribution in [0.3, 0.4) is 0 Å². The highest BCUT2D eigenvalue weighted by Gasteiger charge is 2.26. The van der Waals surface area contributed by atoms with Crippen LogP contribution >= 0.6 is 11.6 Å². The van der Waals surface area contributed by atoms with Crippen molar-refractivity contribution >= 4 is 40.0 Å². The van der Waals surface area contributed by atoms with Crippen LogP contribution < -0.4 is 0 Å². The van der Waals surface area contributed by atoms with Gasteiger partial charge in [0.2, 0.25) is 11.6 Å². The molecule has 2 nitrogen and oxygen atoms in total. The fraction of sp³-hybridized carbons (Fsp3) is 0. The summed E-state index contributed by atoms with van der Waals surface area (Å²) >= 11 is 5.73. The number of rotatable bonds is 0. The highest BCUT2D eigenvalue weighted by Crippen LogP contribution is 2.28. The van der Waals surface area contributed by atoms with Crippen molar-refractivity contribution in [2.75, 3.05) is 0 Å². The number of carbonyl (C=O) groups excluding carboxylic acids is 2. The van der Waals surface area contributed by atoms with Gasteiger partial charge in [-0.25, -0.2) is 0 Å². The molecule has 0 amide bonds. The molecule has 17 heavy (non-hydrogen) atoms. The summed E-state index contributed by atoms with van der Waals surface area (Å²) in [5.74, 6) is -1.16. The number of hydrogen-bond donors (Lipinski definition) is 0. The Morgan fingerprint density at radius 2 is 1.53 bits per heavy atom. The van der Waals surface area contributed by atoms with Crippen molar-refractivity contribution < 1.29 is 9.59 Å². The third kappa shape index (κ3) is 1.49. The molecule has 0 N–H and O–H groups in total. The van der Waals surface area contributed by atoms with Gasteiger partial charge in [0.1, 0.15) is 0 Å². The Hall–Kier alpha value is -1.93. The Kier molecular flexibility index (Phi) is 2.13. The van der Waals surface area contributed by atoms with Crippen molar-refractivity contribution in [2.45, 2.75) is 0 Å². The smallest absolute Gasteiger partial charge is 0.244 e. The molecule has 1 aliphatic carbocycles. The molecule has 3 rings (SSSR count). The highest BCUT2D eigenvalue weighted by atomic mass is 35.5. The number of fused-ring (bicyclic) bond motifs is 2. The zero-order valence-corrected chi connectivity index (χ0v) is 9.49. The molecule has 0 radical (unpaired) electrons. The van der Waals surface area contributed by atoms with Gasteiger partial charge < -0.3 is 0 Å². The number of carbonyl (C=O) groups is 2. The highest BCUT2D eigenvalue weighted by molar-refractivity contribution is 6.63. The van der Waals surface area contributed by atoms with Crippen molar-refractivity contribution in [3.8, 4) is 0 Å². The summed E-state index contributed by atoms with van der Waals surface area (Å²) in [7, 11) is 0. The van der Waals surface area contributed by atoms with E-state index >= 15 is 0 Å². The predicted molar refractivity (Wildman–Crippen MR) is 67.1 cm³/mol. The maximum atomic E-state index is 11.8. The van der Waals surface area contributed by atoms with Gasteiger partial charge in [-0.05, 0) is 34.5 Å². The van der Waals surface area contributed by atoms with E-state index in [1.807, 2.05) is 30.3 Å². The normalized spacial score (nSPS) is 14.8. The van der Waals surface area contributed by atoms with E-state index in [-0.39, 0.29) is 5.03 Å². The quantitative estimate of drug-likeness (QED) is 0.665. The Balaban J connectivity index is 2.37. The first-order valence-corrected chi connectivity index (χ1v) is 5.53. The zero-order valence-electron chi connectivity index (χ0n) is 8.74. The average Bonchev–Trinajstić information content (AvgIpc) is 2.34. The van der Waals surface area contributed by atoms with Gasteiger partial charge in [-0.1, -0.05) is 35.9 Å². The minimum atomic E-state index is -0.630. The third-order valence-corrected chi connectivity index (χ3v) is 3.15. The zero-order chi connectivity index (χ0) is 12.0. The molecule has 0 unspecified atom stereocenters. The molecule has 0 fully saturated rings. The lowest BCUT2D eigenvalue weighted by molar-refractivity contribution is -0.111. The predicted octanol–water partition coefficient (Wildman–Crippen LogP) is 3.18. The first-order chi connectivity index (χ1) is 8.16. The minimum Gasteiger partial charge on any atom is -0.285 e. The lowest BCUT2D eigenvalue weighted by Crippen LogP contribution is -2.19. The Morgan fingerprint density at radius 1 is 0.882 bits per heavy atom. The van der Waals surface area contributed by atoms with E-state index in [1.165, 1.54) is 0 Å². The summed E-state index contributed by atoms with van der Waals surface area (Å²) in [5.41, 5.74) is 1.14. The Bertz CT molecular complexity index is 698. The Labute approximate surface area is 103 Å². The largest absolute Gasteiger partial charge is 0.285 e. The second-order valence-corrected chi connectivity index (χ2v) is 4.34. The van der Waals surface area contributed by atoms with Gasteiger partial charge >= 0.3 is 0 Å². The van der Waals surface area contributed by atoms with Crippen LogP contribution in [-0.4, -0.2) is 11.6 Å². The SMILES string of the molecule is O=C1C(=O)c2cc3ccccc3cc2C=C1Cl. The number of Topliss-reactive ketones (excluding diaryl/α,β-unsaturated/α-hetero) is 2. The van der Waals surface area contributed by atoms with Gasteiger partial charge in [0.25, 0.3) is 0 Å². The molecule has 0 bridgehead atoms. The monoisotopic (exact) mass is 242 g/mol. The van der Waals surface area contributed by atoms with Crippen LogP contribution in [0.1, 0.15) is 15.9 Å². The summed E-state index contributed by atoms with van der Waals surface area (Å²) in [6.45, 7) is 0. The van der Waals surface area contributed by atoms with E-state index in [2.05, 4.69) is 0 Å². The maximum Gasteiger partial charge on any atom is 0.244 e. The molecule has 0 heterocycles. The van der Waals surface area contributed by atoms with Crippen molar-refractivity contribution in [1.82, 2.24) is 0 Å². The molecule has 0 spiro atoms. The lowest BCUT2D eigenvalue weighted by Gasteiger charge is -2.11. The minimum absolute atomic E-state index is 0.0159. The van der Waals surface area contributed by atoms with Crippen LogP contribution in [0, 0.1) is 0 Å². The number of ketones is 2. The fourth-order valence-corrected chi connectivity index (χ4v) is 2.21. The molecule has 0 saturated carbocycles. The van der Waals surface area contributed by atoms with E-state index in [9.17, 15) is 9.59 Å². The topological polar surface area (TPSA) is 34.1 Å². The van der Waals surface area contributed by atoms with Crippen molar-refractivity contribution in [2.24, 2.45) is 0 Å². The number of hydrogen-bond acceptors (Lipinski definition) is 2. The lowest BCUT2D eigenvalue weighted by atomic mass is 9.92. The molecule has 2 aromatic rings. The molecule has 82 valence electrons. The van der Waals surface area contributed by atoms with Gasteiger partial charge in [0.05, 0.1) is 5.03 Å². The molecule has 0 aliphatic heterocycles. The molecular weight excluding hydrogens is 236 g/mol. The summed E-state index contributed by atoms with van der Waals surface area (Å²) in [6, 6.07) is 11.3. The van der Waals surface area contributed by atoms with Gasteiger partial charge in [-0.15, -0.1) is 0 Å². The van der Waals surface area contributed by atoms with Crippen LogP contribution in [0.4, 0.5) is 0 Å². The second-order valence-electron chi connectivity index (χ2n) is 3.94. The van der Waals surface area contributed by atoms with Gasteiger partial charge in [0.15, 0.2) is 0 Å². The number of benzene rings is 2. The molecule has 3 heteroatoms. The average molecular weight is 243 g/mol. The molecule has 2 aromatic carbocycles. The second kappa shape index (κ2) is 3.54. The van der Waals surface area contributed by atoms with Crippen LogP contribution in [0.2, 0.25) is 0 Å². The summed E-state index contributed by atoms with van der Waals surface area (Å²) in [5, 5.41) is 1.95. The van der Waals surface area contributed by atoms with Crippen LogP contribution in [0.5, 0.6) is 0 Å². The summed E-state index contributed by atoms with van der Waals surface area (Å²) in [6.07, 6.45) is 1.55. The third-order valence-electron chi connectivity index (χ3n) is 2.87. The standard InChI is InChI=1S/C14H7ClO2/c15-12-7-10-5-8-3-1-2-4-9(8)6-11(10)13(16)14(12)17/h1-7H. The van der Waals surface area contributed by atoms with Gasteiger partial charge in [0, 0.05) is 5.56 Å². The van der Waals surface area contributed by atoms with E-state index < -0.39 is 11.6 Å².